The van der Waals surface area contributed by atoms with E-state index in [0.717, 1.165) is 26.1 Å². The third-order valence-electron chi connectivity index (χ3n) is 2.78. The highest BCUT2D eigenvalue weighted by Crippen LogP contribution is 2.23. The highest BCUT2D eigenvalue weighted by atomic mass is 16.5. The van der Waals surface area contributed by atoms with Gasteiger partial charge in [0.2, 0.25) is 0 Å². The molecule has 1 rings (SSSR count). The molecule has 78 valence electrons. The maximum absolute atomic E-state index is 5.69. The van der Waals surface area contributed by atoms with Crippen molar-refractivity contribution >= 4 is 0 Å². The van der Waals surface area contributed by atoms with Gasteiger partial charge in [0.1, 0.15) is 0 Å². The Kier molecular flexibility index (Phi) is 4.16. The van der Waals surface area contributed by atoms with E-state index >= 15 is 0 Å². The Morgan fingerprint density at radius 1 is 1.31 bits per heavy atom. The molecule has 13 heavy (non-hydrogen) atoms. The minimum atomic E-state index is 0.0903. The molecule has 3 nitrogen and oxygen atoms in total. The smallest absolute Gasteiger partial charge is 0.0817 e. The minimum Gasteiger partial charge on any atom is -0.377 e. The van der Waals surface area contributed by atoms with Gasteiger partial charge in [0.15, 0.2) is 0 Å². The van der Waals surface area contributed by atoms with Crippen LogP contribution >= 0.6 is 0 Å². The number of likely N-dealkylation sites (N-methyl/N-ethyl adjacent to an activating group) is 1. The molecule has 0 aromatic carbocycles. The molecule has 1 fully saturated rings. The first-order chi connectivity index (χ1) is 6.18. The molecule has 1 aliphatic rings. The molecular weight excluding hydrogens is 164 g/mol. The fraction of sp³-hybridized carbons (Fsp3) is 1.00. The highest BCUT2D eigenvalue weighted by Gasteiger charge is 2.30. The molecule has 1 heterocycles. The maximum Gasteiger partial charge on any atom is 0.0817 e. The standard InChI is InChI=1S/C10H22N2O/c1-12(2)9-10(13-3)5-4-7-11-8-6-10/h11H,4-9H2,1-3H3. The first-order valence-electron chi connectivity index (χ1n) is 5.09. The van der Waals surface area contributed by atoms with Gasteiger partial charge in [0.25, 0.3) is 0 Å². The Morgan fingerprint density at radius 2 is 2.08 bits per heavy atom. The van der Waals surface area contributed by atoms with Crippen LogP contribution < -0.4 is 5.32 Å². The van der Waals surface area contributed by atoms with Crippen LogP contribution in [-0.2, 0) is 4.74 Å². The fourth-order valence-electron chi connectivity index (χ4n) is 2.10. The Morgan fingerprint density at radius 3 is 2.69 bits per heavy atom. The van der Waals surface area contributed by atoms with Crippen LogP contribution in [0.25, 0.3) is 0 Å². The van der Waals surface area contributed by atoms with E-state index < -0.39 is 0 Å². The summed E-state index contributed by atoms with van der Waals surface area (Å²) >= 11 is 0. The summed E-state index contributed by atoms with van der Waals surface area (Å²) in [6.07, 6.45) is 3.53. The molecule has 0 saturated carbocycles. The monoisotopic (exact) mass is 186 g/mol. The van der Waals surface area contributed by atoms with E-state index in [4.69, 9.17) is 4.74 Å². The predicted octanol–water partition coefficient (Wildman–Crippen LogP) is 0.707. The van der Waals surface area contributed by atoms with Crippen LogP contribution in [0.5, 0.6) is 0 Å². The third kappa shape index (κ3) is 3.25. The second-order valence-electron chi connectivity index (χ2n) is 4.23. The van der Waals surface area contributed by atoms with Crippen molar-refractivity contribution in [2.24, 2.45) is 0 Å². The summed E-state index contributed by atoms with van der Waals surface area (Å²) in [6.45, 7) is 3.26. The molecule has 0 aromatic rings. The van der Waals surface area contributed by atoms with E-state index in [1.54, 1.807) is 0 Å². The van der Waals surface area contributed by atoms with Crippen molar-refractivity contribution in [1.29, 1.82) is 0 Å². The fourth-order valence-corrected chi connectivity index (χ4v) is 2.10. The molecule has 0 bridgehead atoms. The van der Waals surface area contributed by atoms with Crippen LogP contribution in [0, 0.1) is 0 Å². The van der Waals surface area contributed by atoms with Crippen LogP contribution in [0.15, 0.2) is 0 Å². The van der Waals surface area contributed by atoms with Crippen molar-refractivity contribution in [2.75, 3.05) is 40.8 Å². The first kappa shape index (κ1) is 11.0. The van der Waals surface area contributed by atoms with Crippen molar-refractivity contribution in [3.8, 4) is 0 Å². The number of hydrogen-bond donors (Lipinski definition) is 1. The second kappa shape index (κ2) is 4.94. The molecule has 0 aliphatic carbocycles. The van der Waals surface area contributed by atoms with Gasteiger partial charge in [-0.2, -0.15) is 0 Å². The average molecular weight is 186 g/mol. The average Bonchev–Trinajstić information content (AvgIpc) is 2.30. The minimum absolute atomic E-state index is 0.0903. The molecule has 0 aromatic heterocycles. The molecule has 1 unspecified atom stereocenters. The van der Waals surface area contributed by atoms with Gasteiger partial charge < -0.3 is 15.0 Å². The second-order valence-corrected chi connectivity index (χ2v) is 4.23. The summed E-state index contributed by atoms with van der Waals surface area (Å²) in [5.74, 6) is 0. The van der Waals surface area contributed by atoms with Crippen LogP contribution in [0.3, 0.4) is 0 Å². The van der Waals surface area contributed by atoms with Crippen molar-refractivity contribution in [2.45, 2.75) is 24.9 Å². The Labute approximate surface area is 81.4 Å². The molecule has 0 spiro atoms. The van der Waals surface area contributed by atoms with Gasteiger partial charge in [-0.3, -0.25) is 0 Å². The van der Waals surface area contributed by atoms with Crippen LogP contribution in [0.1, 0.15) is 19.3 Å². The lowest BCUT2D eigenvalue weighted by Gasteiger charge is -2.33. The van der Waals surface area contributed by atoms with Gasteiger partial charge in [-0.05, 0) is 46.4 Å². The molecule has 3 heteroatoms. The lowest BCUT2D eigenvalue weighted by Crippen LogP contribution is -2.42. The Balaban J connectivity index is 2.53. The van der Waals surface area contributed by atoms with E-state index in [1.807, 2.05) is 7.11 Å². The van der Waals surface area contributed by atoms with Crippen molar-refractivity contribution in [3.05, 3.63) is 0 Å². The SMILES string of the molecule is COC1(CN(C)C)CCCNCC1. The number of methoxy groups -OCH3 is 1. The lowest BCUT2D eigenvalue weighted by molar-refractivity contribution is -0.0370. The Hall–Kier alpha value is -0.120. The number of rotatable bonds is 3. The van der Waals surface area contributed by atoms with Crippen LogP contribution in [-0.4, -0.2) is 51.3 Å². The van der Waals surface area contributed by atoms with Crippen molar-refractivity contribution in [3.63, 3.8) is 0 Å². The van der Waals surface area contributed by atoms with E-state index in [2.05, 4.69) is 24.3 Å². The number of ether oxygens (including phenoxy) is 1. The number of hydrogen-bond acceptors (Lipinski definition) is 3. The maximum atomic E-state index is 5.69. The summed E-state index contributed by atoms with van der Waals surface area (Å²) in [6, 6.07) is 0. The zero-order chi connectivity index (χ0) is 9.73. The normalized spacial score (nSPS) is 30.5. The third-order valence-corrected chi connectivity index (χ3v) is 2.78. The zero-order valence-electron chi connectivity index (χ0n) is 9.10. The van der Waals surface area contributed by atoms with Gasteiger partial charge in [0, 0.05) is 13.7 Å². The van der Waals surface area contributed by atoms with E-state index in [1.165, 1.54) is 12.8 Å². The molecular formula is C10H22N2O. The summed E-state index contributed by atoms with van der Waals surface area (Å²) in [4.78, 5) is 2.22. The van der Waals surface area contributed by atoms with Crippen molar-refractivity contribution in [1.82, 2.24) is 10.2 Å². The Bertz CT molecular complexity index is 140. The van der Waals surface area contributed by atoms with Gasteiger partial charge in [-0.15, -0.1) is 0 Å². The van der Waals surface area contributed by atoms with E-state index in [-0.39, 0.29) is 5.60 Å². The largest absolute Gasteiger partial charge is 0.377 e. The van der Waals surface area contributed by atoms with Crippen molar-refractivity contribution < 1.29 is 4.74 Å². The van der Waals surface area contributed by atoms with E-state index in [9.17, 15) is 0 Å². The molecule has 0 amide bonds. The summed E-state index contributed by atoms with van der Waals surface area (Å²) in [5, 5.41) is 3.41. The highest BCUT2D eigenvalue weighted by molar-refractivity contribution is 4.86. The molecule has 0 radical (unpaired) electrons. The van der Waals surface area contributed by atoms with Crippen LogP contribution in [0.2, 0.25) is 0 Å². The lowest BCUT2D eigenvalue weighted by atomic mass is 9.94. The first-order valence-corrected chi connectivity index (χ1v) is 5.09. The van der Waals surface area contributed by atoms with E-state index in [0.29, 0.717) is 0 Å². The van der Waals surface area contributed by atoms with Gasteiger partial charge in [0.05, 0.1) is 5.60 Å². The zero-order valence-corrected chi connectivity index (χ0v) is 9.10. The molecule has 1 aliphatic heterocycles. The van der Waals surface area contributed by atoms with Crippen LogP contribution in [0.4, 0.5) is 0 Å². The molecule has 1 N–H and O–H groups in total. The summed E-state index contributed by atoms with van der Waals surface area (Å²) in [5.41, 5.74) is 0.0903. The summed E-state index contributed by atoms with van der Waals surface area (Å²) in [7, 11) is 6.06. The van der Waals surface area contributed by atoms with Gasteiger partial charge in [-0.1, -0.05) is 0 Å². The number of nitrogens with one attached hydrogen (secondary N) is 1. The molecule has 1 saturated heterocycles. The number of nitrogens with zero attached hydrogens (tertiary/aromatic N) is 1. The predicted molar refractivity (Wildman–Crippen MR) is 55.0 cm³/mol. The quantitative estimate of drug-likeness (QED) is 0.702. The molecule has 1 atom stereocenters. The topological polar surface area (TPSA) is 24.5 Å². The van der Waals surface area contributed by atoms with Gasteiger partial charge in [-0.25, -0.2) is 0 Å². The van der Waals surface area contributed by atoms with Gasteiger partial charge >= 0.3 is 0 Å². The summed E-state index contributed by atoms with van der Waals surface area (Å²) < 4.78 is 5.69.